The van der Waals surface area contributed by atoms with Crippen LogP contribution in [0.4, 0.5) is 0 Å². The zero-order valence-corrected chi connectivity index (χ0v) is 33.7. The lowest BCUT2D eigenvalue weighted by Crippen LogP contribution is -2.32. The molecule has 59 heavy (non-hydrogen) atoms. The fourth-order valence-electron chi connectivity index (χ4n) is 10.9. The lowest BCUT2D eigenvalue weighted by atomic mass is 9.62. The number of benzene rings is 6. The summed E-state index contributed by atoms with van der Waals surface area (Å²) in [6.45, 7) is 7.15. The second-order valence-electron chi connectivity index (χ2n) is 17.4. The van der Waals surface area contributed by atoms with Gasteiger partial charge in [0.15, 0.2) is 0 Å². The lowest BCUT2D eigenvalue weighted by Gasteiger charge is -2.42. The Hall–Kier alpha value is -6.78. The van der Waals surface area contributed by atoms with Gasteiger partial charge in [0.25, 0.3) is 0 Å². The van der Waals surface area contributed by atoms with Crippen LogP contribution in [-0.4, -0.2) is 19.1 Å². The SMILES string of the molecule is CC1C=C(c2nc(-n3c4ccc(C5CC=CC6=C5C(C)(C)c5ccccc5C6)cc4c4c3ccc3c5ccccc5n(-c5ccccc5)c34)nc3ccccc23)C=CC1. The maximum atomic E-state index is 5.52. The van der Waals surface area contributed by atoms with Crippen LogP contribution in [0.2, 0.25) is 0 Å². The van der Waals surface area contributed by atoms with Crippen molar-refractivity contribution < 1.29 is 0 Å². The van der Waals surface area contributed by atoms with E-state index in [0.29, 0.717) is 11.9 Å². The van der Waals surface area contributed by atoms with Gasteiger partial charge in [0.1, 0.15) is 0 Å². The van der Waals surface area contributed by atoms with Gasteiger partial charge >= 0.3 is 0 Å². The molecule has 3 aliphatic carbocycles. The maximum absolute atomic E-state index is 5.52. The largest absolute Gasteiger partial charge is 0.309 e. The van der Waals surface area contributed by atoms with Gasteiger partial charge in [0, 0.05) is 44.0 Å². The van der Waals surface area contributed by atoms with Gasteiger partial charge in [-0.15, -0.1) is 0 Å². The molecule has 0 bridgehead atoms. The molecule has 2 atom stereocenters. The van der Waals surface area contributed by atoms with E-state index in [-0.39, 0.29) is 11.3 Å². The van der Waals surface area contributed by atoms with Crippen molar-refractivity contribution in [3.8, 4) is 11.6 Å². The molecule has 3 aliphatic rings. The lowest BCUT2D eigenvalue weighted by molar-refractivity contribution is 0.530. The monoisotopic (exact) mass is 760 g/mol. The molecule has 0 fully saturated rings. The highest BCUT2D eigenvalue weighted by Gasteiger charge is 2.39. The Morgan fingerprint density at radius 3 is 2.25 bits per heavy atom. The number of fused-ring (bicyclic) bond motifs is 9. The predicted molar refractivity (Wildman–Crippen MR) is 246 cm³/mol. The van der Waals surface area contributed by atoms with Gasteiger partial charge in [0.2, 0.25) is 5.95 Å². The smallest absolute Gasteiger partial charge is 0.235 e. The molecule has 284 valence electrons. The molecule has 3 heterocycles. The molecule has 4 nitrogen and oxygen atoms in total. The molecular formula is C55H44N4. The highest BCUT2D eigenvalue weighted by Crippen LogP contribution is 2.51. The number of hydrogen-bond acceptors (Lipinski definition) is 2. The Labute approximate surface area is 344 Å². The molecule has 12 rings (SSSR count). The summed E-state index contributed by atoms with van der Waals surface area (Å²) in [5, 5.41) is 5.99. The summed E-state index contributed by atoms with van der Waals surface area (Å²) in [5.41, 5.74) is 16.0. The molecule has 6 aromatic carbocycles. The summed E-state index contributed by atoms with van der Waals surface area (Å²) >= 11 is 0. The van der Waals surface area contributed by atoms with Crippen molar-refractivity contribution in [3.63, 3.8) is 0 Å². The average molecular weight is 761 g/mol. The van der Waals surface area contributed by atoms with E-state index in [2.05, 4.69) is 194 Å². The van der Waals surface area contributed by atoms with Gasteiger partial charge in [-0.05, 0) is 101 Å². The zero-order chi connectivity index (χ0) is 39.4. The second kappa shape index (κ2) is 12.9. The van der Waals surface area contributed by atoms with Gasteiger partial charge in [0.05, 0.1) is 33.3 Å². The molecule has 9 aromatic rings. The van der Waals surface area contributed by atoms with Crippen LogP contribution in [-0.2, 0) is 11.8 Å². The Morgan fingerprint density at radius 1 is 0.627 bits per heavy atom. The molecule has 0 saturated carbocycles. The third-order valence-electron chi connectivity index (χ3n) is 13.5. The molecule has 0 amide bonds. The molecule has 3 aromatic heterocycles. The van der Waals surface area contributed by atoms with Crippen LogP contribution in [0.15, 0.2) is 175 Å². The number of nitrogens with zero attached hydrogens (tertiary/aromatic N) is 4. The summed E-state index contributed by atoms with van der Waals surface area (Å²) in [6, 6.07) is 49.1. The fourth-order valence-corrected chi connectivity index (χ4v) is 10.9. The Morgan fingerprint density at radius 2 is 1.37 bits per heavy atom. The topological polar surface area (TPSA) is 35.6 Å². The van der Waals surface area contributed by atoms with Crippen molar-refractivity contribution >= 4 is 60.1 Å². The van der Waals surface area contributed by atoms with Crippen LogP contribution in [0, 0.1) is 5.92 Å². The zero-order valence-electron chi connectivity index (χ0n) is 33.7. The van der Waals surface area contributed by atoms with Crippen molar-refractivity contribution in [1.82, 2.24) is 19.1 Å². The fraction of sp³-hybridized carbons (Fsp3) is 0.164. The van der Waals surface area contributed by atoms with E-state index in [1.807, 2.05) is 0 Å². The van der Waals surface area contributed by atoms with Crippen LogP contribution in [0.1, 0.15) is 61.9 Å². The third-order valence-corrected chi connectivity index (χ3v) is 13.5. The summed E-state index contributed by atoms with van der Waals surface area (Å²) in [6.07, 6.45) is 14.7. The quantitative estimate of drug-likeness (QED) is 0.179. The van der Waals surface area contributed by atoms with Gasteiger partial charge < -0.3 is 4.57 Å². The minimum Gasteiger partial charge on any atom is -0.309 e. The number of aromatic nitrogens is 4. The van der Waals surface area contributed by atoms with E-state index in [1.54, 1.807) is 5.57 Å². The highest BCUT2D eigenvalue weighted by molar-refractivity contribution is 6.26. The summed E-state index contributed by atoms with van der Waals surface area (Å²) < 4.78 is 4.81. The van der Waals surface area contributed by atoms with Crippen LogP contribution in [0.25, 0.3) is 71.7 Å². The van der Waals surface area contributed by atoms with Crippen molar-refractivity contribution in [2.24, 2.45) is 5.92 Å². The minimum absolute atomic E-state index is 0.0926. The standard InChI is InChI=1S/C55H44N4/c1-34-15-13-18-38(31-34)52-43-22-8-11-25-46(43)56-54(57-52)59-48-29-27-35(40-23-14-17-37-32-36-16-7-10-24-45(36)55(2,3)51(37)40)33-44(48)50-49(59)30-28-42-41-21-9-12-26-47(41)58(53(42)50)39-19-5-4-6-20-39/h4-14,16-22,24-31,33-34,40H,15,23,32H2,1-3H3. The minimum atomic E-state index is -0.0926. The number of rotatable bonds is 4. The van der Waals surface area contributed by atoms with Gasteiger partial charge in [-0.1, -0.05) is 142 Å². The van der Waals surface area contributed by atoms with Crippen molar-refractivity contribution in [3.05, 3.63) is 197 Å². The highest BCUT2D eigenvalue weighted by atomic mass is 15.2. The molecule has 0 radical (unpaired) electrons. The molecule has 0 spiro atoms. The first-order valence-electron chi connectivity index (χ1n) is 21.1. The first-order valence-corrected chi connectivity index (χ1v) is 21.1. The van der Waals surface area contributed by atoms with Crippen LogP contribution in [0.5, 0.6) is 0 Å². The van der Waals surface area contributed by atoms with Gasteiger partial charge in [-0.25, -0.2) is 9.97 Å². The van der Waals surface area contributed by atoms with Gasteiger partial charge in [-0.2, -0.15) is 0 Å². The number of para-hydroxylation sites is 3. The van der Waals surface area contributed by atoms with Gasteiger partial charge in [-0.3, -0.25) is 4.57 Å². The Kier molecular flexibility index (Phi) is 7.47. The van der Waals surface area contributed by atoms with E-state index in [1.165, 1.54) is 54.8 Å². The maximum Gasteiger partial charge on any atom is 0.235 e. The number of hydrogen-bond donors (Lipinski definition) is 0. The van der Waals surface area contributed by atoms with Crippen molar-refractivity contribution in [2.75, 3.05) is 0 Å². The molecule has 4 heteroatoms. The first kappa shape index (κ1) is 34.3. The van der Waals surface area contributed by atoms with Crippen LogP contribution >= 0.6 is 0 Å². The van der Waals surface area contributed by atoms with E-state index in [4.69, 9.17) is 9.97 Å². The normalized spacial score (nSPS) is 18.6. The summed E-state index contributed by atoms with van der Waals surface area (Å²) in [5.74, 6) is 1.40. The third kappa shape index (κ3) is 5.08. The summed E-state index contributed by atoms with van der Waals surface area (Å²) in [7, 11) is 0. The van der Waals surface area contributed by atoms with Crippen molar-refractivity contribution in [2.45, 2.75) is 51.4 Å². The molecule has 0 aliphatic heterocycles. The number of allylic oxidation sites excluding steroid dienone is 8. The Balaban J connectivity index is 1.18. The second-order valence-corrected chi connectivity index (χ2v) is 17.4. The summed E-state index contributed by atoms with van der Waals surface area (Å²) in [4.78, 5) is 10.9. The predicted octanol–water partition coefficient (Wildman–Crippen LogP) is 13.7. The van der Waals surface area contributed by atoms with E-state index in [9.17, 15) is 0 Å². The van der Waals surface area contributed by atoms with E-state index in [0.717, 1.165) is 58.2 Å². The van der Waals surface area contributed by atoms with Crippen LogP contribution in [0.3, 0.4) is 0 Å². The van der Waals surface area contributed by atoms with Crippen molar-refractivity contribution in [1.29, 1.82) is 0 Å². The van der Waals surface area contributed by atoms with E-state index >= 15 is 0 Å². The molecule has 0 N–H and O–H groups in total. The van der Waals surface area contributed by atoms with E-state index < -0.39 is 0 Å². The first-order chi connectivity index (χ1) is 28.9. The molecular weight excluding hydrogens is 717 g/mol. The molecule has 0 saturated heterocycles. The Bertz CT molecular complexity index is 3350. The van der Waals surface area contributed by atoms with Crippen LogP contribution < -0.4 is 0 Å². The average Bonchev–Trinajstić information content (AvgIpc) is 3.79. The molecule has 2 unspecified atom stereocenters.